The smallest absolute Gasteiger partial charge is 0.276 e. The highest BCUT2D eigenvalue weighted by Gasteiger charge is 2.22. The van der Waals surface area contributed by atoms with Crippen molar-refractivity contribution in [3.05, 3.63) is 30.2 Å². The lowest BCUT2D eigenvalue weighted by Gasteiger charge is -2.25. The van der Waals surface area contributed by atoms with E-state index >= 15 is 0 Å². The van der Waals surface area contributed by atoms with Gasteiger partial charge in [-0.3, -0.25) is 4.79 Å². The third-order valence-electron chi connectivity index (χ3n) is 2.79. The third-order valence-corrected chi connectivity index (χ3v) is 3.73. The summed E-state index contributed by atoms with van der Waals surface area (Å²) in [7, 11) is 0. The Morgan fingerprint density at radius 2 is 2.17 bits per heavy atom. The number of thioether (sulfide) groups is 1. The van der Waals surface area contributed by atoms with E-state index in [1.807, 2.05) is 11.8 Å². The molecule has 1 aliphatic heterocycles. The van der Waals surface area contributed by atoms with Crippen LogP contribution in [0.15, 0.2) is 33.4 Å². The first kappa shape index (κ1) is 11.4. The van der Waals surface area contributed by atoms with Crippen LogP contribution in [0.1, 0.15) is 10.5 Å². The van der Waals surface area contributed by atoms with Crippen LogP contribution in [-0.4, -0.2) is 40.6 Å². The van der Waals surface area contributed by atoms with E-state index in [1.165, 1.54) is 0 Å². The lowest BCUT2D eigenvalue weighted by Crippen LogP contribution is -2.38. The molecule has 5 nitrogen and oxygen atoms in total. The second kappa shape index (κ2) is 4.89. The Hall–Kier alpha value is -1.69. The molecule has 0 radical (unpaired) electrons. The van der Waals surface area contributed by atoms with Gasteiger partial charge in [0.1, 0.15) is 0 Å². The van der Waals surface area contributed by atoms with Gasteiger partial charge in [-0.2, -0.15) is 11.8 Å². The van der Waals surface area contributed by atoms with Gasteiger partial charge in [0.2, 0.25) is 5.76 Å². The molecule has 18 heavy (non-hydrogen) atoms. The molecule has 0 aromatic carbocycles. The van der Waals surface area contributed by atoms with Gasteiger partial charge >= 0.3 is 0 Å². The number of hydrogen-bond donors (Lipinski definition) is 0. The van der Waals surface area contributed by atoms with Gasteiger partial charge in [0.25, 0.3) is 5.91 Å². The zero-order valence-corrected chi connectivity index (χ0v) is 10.5. The fraction of sp³-hybridized carbons (Fsp3) is 0.333. The lowest BCUT2D eigenvalue weighted by atomic mass is 10.3. The molecule has 0 spiro atoms. The number of carbonyl (C=O) groups excluding carboxylic acids is 1. The molecule has 0 N–H and O–H groups in total. The van der Waals surface area contributed by atoms with Gasteiger partial charge in [-0.1, -0.05) is 5.16 Å². The Bertz CT molecular complexity index is 529. The van der Waals surface area contributed by atoms with Crippen molar-refractivity contribution in [2.24, 2.45) is 0 Å². The van der Waals surface area contributed by atoms with E-state index in [2.05, 4.69) is 5.16 Å². The predicted molar refractivity (Wildman–Crippen MR) is 67.4 cm³/mol. The lowest BCUT2D eigenvalue weighted by molar-refractivity contribution is 0.0762. The molecule has 1 amide bonds. The van der Waals surface area contributed by atoms with Crippen LogP contribution in [0.4, 0.5) is 0 Å². The maximum absolute atomic E-state index is 12.1. The van der Waals surface area contributed by atoms with Crippen LogP contribution >= 0.6 is 11.8 Å². The molecule has 1 saturated heterocycles. The summed E-state index contributed by atoms with van der Waals surface area (Å²) in [5.41, 5.74) is 0.341. The minimum absolute atomic E-state index is 0.0724. The highest BCUT2D eigenvalue weighted by molar-refractivity contribution is 7.99. The summed E-state index contributed by atoms with van der Waals surface area (Å²) in [6.07, 6.45) is 1.56. The van der Waals surface area contributed by atoms with Gasteiger partial charge in [0.15, 0.2) is 11.5 Å². The fourth-order valence-corrected chi connectivity index (χ4v) is 2.74. The van der Waals surface area contributed by atoms with Gasteiger partial charge in [0, 0.05) is 30.7 Å². The van der Waals surface area contributed by atoms with Crippen molar-refractivity contribution >= 4 is 17.7 Å². The molecule has 6 heteroatoms. The Labute approximate surface area is 108 Å². The van der Waals surface area contributed by atoms with Crippen LogP contribution in [0.25, 0.3) is 11.5 Å². The molecule has 2 aromatic heterocycles. The van der Waals surface area contributed by atoms with Crippen molar-refractivity contribution in [2.75, 3.05) is 24.6 Å². The monoisotopic (exact) mass is 264 g/mol. The van der Waals surface area contributed by atoms with Crippen molar-refractivity contribution in [1.82, 2.24) is 10.1 Å². The summed E-state index contributed by atoms with van der Waals surface area (Å²) in [6.45, 7) is 1.54. The van der Waals surface area contributed by atoms with E-state index in [4.69, 9.17) is 8.94 Å². The summed E-state index contributed by atoms with van der Waals surface area (Å²) in [5, 5.41) is 3.81. The van der Waals surface area contributed by atoms with Crippen LogP contribution in [0, 0.1) is 0 Å². The molecule has 94 valence electrons. The first-order valence-electron chi connectivity index (χ1n) is 5.72. The molecule has 0 aliphatic carbocycles. The van der Waals surface area contributed by atoms with E-state index in [0.717, 1.165) is 24.6 Å². The Morgan fingerprint density at radius 3 is 2.89 bits per heavy atom. The first-order chi connectivity index (χ1) is 8.84. The molecule has 0 saturated carbocycles. The summed E-state index contributed by atoms with van der Waals surface area (Å²) in [5.74, 6) is 2.95. The fourth-order valence-electron chi connectivity index (χ4n) is 1.84. The number of amides is 1. The van der Waals surface area contributed by atoms with E-state index in [-0.39, 0.29) is 5.91 Å². The average molecular weight is 264 g/mol. The molecular formula is C12H12N2O3S. The molecule has 1 aliphatic rings. The Kier molecular flexibility index (Phi) is 3.10. The van der Waals surface area contributed by atoms with Crippen LogP contribution in [0.5, 0.6) is 0 Å². The normalized spacial score (nSPS) is 15.9. The highest BCUT2D eigenvalue weighted by atomic mass is 32.2. The molecule has 3 heterocycles. The van der Waals surface area contributed by atoms with Gasteiger partial charge in [0.05, 0.1) is 6.26 Å². The molecule has 0 unspecified atom stereocenters. The minimum atomic E-state index is -0.0724. The van der Waals surface area contributed by atoms with E-state index < -0.39 is 0 Å². The Morgan fingerprint density at radius 1 is 1.33 bits per heavy atom. The van der Waals surface area contributed by atoms with E-state index in [1.54, 1.807) is 29.4 Å². The maximum Gasteiger partial charge on any atom is 0.276 e. The number of nitrogens with zero attached hydrogens (tertiary/aromatic N) is 2. The van der Waals surface area contributed by atoms with Crippen LogP contribution in [-0.2, 0) is 0 Å². The summed E-state index contributed by atoms with van der Waals surface area (Å²) in [6, 6.07) is 5.16. The highest BCUT2D eigenvalue weighted by Crippen LogP contribution is 2.21. The molecule has 3 rings (SSSR count). The molecule has 0 bridgehead atoms. The number of hydrogen-bond acceptors (Lipinski definition) is 5. The van der Waals surface area contributed by atoms with Gasteiger partial charge in [-0.05, 0) is 12.1 Å². The molecular weight excluding hydrogens is 252 g/mol. The van der Waals surface area contributed by atoms with E-state index in [0.29, 0.717) is 17.2 Å². The number of carbonyl (C=O) groups is 1. The second-order valence-corrected chi connectivity index (χ2v) is 5.18. The third kappa shape index (κ3) is 2.15. The maximum atomic E-state index is 12.1. The van der Waals surface area contributed by atoms with Crippen LogP contribution < -0.4 is 0 Å². The molecule has 0 atom stereocenters. The Balaban J connectivity index is 1.78. The zero-order valence-electron chi connectivity index (χ0n) is 9.67. The van der Waals surface area contributed by atoms with Crippen LogP contribution in [0.2, 0.25) is 0 Å². The molecule has 1 fully saturated rings. The SMILES string of the molecule is O=C(c1cc(-c2ccco2)on1)N1CCSCC1. The van der Waals surface area contributed by atoms with Crippen molar-refractivity contribution in [1.29, 1.82) is 0 Å². The quantitative estimate of drug-likeness (QED) is 0.831. The van der Waals surface area contributed by atoms with Crippen molar-refractivity contribution in [3.8, 4) is 11.5 Å². The van der Waals surface area contributed by atoms with Crippen molar-refractivity contribution < 1.29 is 13.7 Å². The predicted octanol–water partition coefficient (Wildman–Crippen LogP) is 2.12. The van der Waals surface area contributed by atoms with Gasteiger partial charge < -0.3 is 13.8 Å². The average Bonchev–Trinajstić information content (AvgIpc) is 3.09. The van der Waals surface area contributed by atoms with Crippen molar-refractivity contribution in [3.63, 3.8) is 0 Å². The van der Waals surface area contributed by atoms with Crippen LogP contribution in [0.3, 0.4) is 0 Å². The standard InChI is InChI=1S/C12H12N2O3S/c15-12(14-3-6-18-7-4-14)9-8-11(17-13-9)10-2-1-5-16-10/h1-2,5,8H,3-4,6-7H2. The largest absolute Gasteiger partial charge is 0.461 e. The zero-order chi connectivity index (χ0) is 12.4. The van der Waals surface area contributed by atoms with Gasteiger partial charge in [-0.15, -0.1) is 0 Å². The summed E-state index contributed by atoms with van der Waals surface area (Å²) >= 11 is 1.86. The van der Waals surface area contributed by atoms with E-state index in [9.17, 15) is 4.79 Å². The summed E-state index contributed by atoms with van der Waals surface area (Å²) in [4.78, 5) is 14.0. The topological polar surface area (TPSA) is 59.5 Å². The summed E-state index contributed by atoms with van der Waals surface area (Å²) < 4.78 is 10.3. The minimum Gasteiger partial charge on any atom is -0.461 e. The second-order valence-electron chi connectivity index (χ2n) is 3.96. The number of rotatable bonds is 2. The number of furan rings is 1. The van der Waals surface area contributed by atoms with Gasteiger partial charge in [-0.25, -0.2) is 0 Å². The van der Waals surface area contributed by atoms with Crippen molar-refractivity contribution in [2.45, 2.75) is 0 Å². The molecule has 2 aromatic rings. The number of aromatic nitrogens is 1. The first-order valence-corrected chi connectivity index (χ1v) is 6.88.